The zero-order valence-corrected chi connectivity index (χ0v) is 11.8. The highest BCUT2D eigenvalue weighted by atomic mass is 19.1. The molecule has 0 saturated heterocycles. The van der Waals surface area contributed by atoms with E-state index in [9.17, 15) is 13.2 Å². The summed E-state index contributed by atoms with van der Waals surface area (Å²) in [4.78, 5) is 3.58. The second-order valence-electron chi connectivity index (χ2n) is 4.83. The topological polar surface area (TPSA) is 48.1 Å². The van der Waals surface area contributed by atoms with Gasteiger partial charge in [-0.25, -0.2) is 13.8 Å². The first-order valence-electron chi connectivity index (χ1n) is 6.67. The van der Waals surface area contributed by atoms with Crippen LogP contribution in [0.5, 0.6) is 11.5 Å². The summed E-state index contributed by atoms with van der Waals surface area (Å²) in [6.45, 7) is 0. The number of pyridine rings is 1. The maximum absolute atomic E-state index is 13.3. The fourth-order valence-electron chi connectivity index (χ4n) is 2.11. The van der Waals surface area contributed by atoms with E-state index >= 15 is 0 Å². The van der Waals surface area contributed by atoms with Crippen molar-refractivity contribution in [2.75, 3.05) is 5.73 Å². The number of rotatable bonds is 3. The zero-order valence-electron chi connectivity index (χ0n) is 11.8. The van der Waals surface area contributed by atoms with Crippen molar-refractivity contribution in [1.29, 1.82) is 0 Å². The van der Waals surface area contributed by atoms with Gasteiger partial charge in [0.15, 0.2) is 0 Å². The van der Waals surface area contributed by atoms with E-state index in [1.54, 1.807) is 12.1 Å². The third-order valence-electron chi connectivity index (χ3n) is 3.11. The summed E-state index contributed by atoms with van der Waals surface area (Å²) in [5.74, 6) is -1.85. The standard InChI is InChI=1S/C17H11F3N2O/c18-11-5-12(19)7-14(6-11)23-16-8-13(21)2-3-15(16)10-1-4-17(20)22-9-10/h1-9H,21H2. The number of ether oxygens (including phenoxy) is 1. The van der Waals surface area contributed by atoms with E-state index < -0.39 is 17.6 Å². The van der Waals surface area contributed by atoms with E-state index in [2.05, 4.69) is 4.98 Å². The van der Waals surface area contributed by atoms with Crippen molar-refractivity contribution in [2.24, 2.45) is 0 Å². The minimum atomic E-state index is -0.756. The molecule has 0 fully saturated rings. The van der Waals surface area contributed by atoms with Gasteiger partial charge in [-0.3, -0.25) is 0 Å². The van der Waals surface area contributed by atoms with Crippen molar-refractivity contribution in [1.82, 2.24) is 4.98 Å². The molecule has 0 aliphatic rings. The van der Waals surface area contributed by atoms with Crippen LogP contribution in [0.25, 0.3) is 11.1 Å². The van der Waals surface area contributed by atoms with E-state index in [0.29, 0.717) is 16.8 Å². The fraction of sp³-hybridized carbons (Fsp3) is 0. The minimum Gasteiger partial charge on any atom is -0.456 e. The maximum Gasteiger partial charge on any atom is 0.212 e. The molecular formula is C17H11F3N2O. The average Bonchev–Trinajstić information content (AvgIpc) is 2.47. The molecule has 23 heavy (non-hydrogen) atoms. The molecule has 0 aliphatic heterocycles. The van der Waals surface area contributed by atoms with E-state index in [1.807, 2.05) is 0 Å². The van der Waals surface area contributed by atoms with Gasteiger partial charge in [0, 0.05) is 47.3 Å². The Bertz CT molecular complexity index is 831. The summed E-state index contributed by atoms with van der Waals surface area (Å²) in [5.41, 5.74) is 7.30. The molecule has 0 bridgehead atoms. The van der Waals surface area contributed by atoms with Crippen molar-refractivity contribution in [3.63, 3.8) is 0 Å². The van der Waals surface area contributed by atoms with Gasteiger partial charge in [0.05, 0.1) is 0 Å². The van der Waals surface area contributed by atoms with Crippen LogP contribution in [0.2, 0.25) is 0 Å². The number of anilines is 1. The number of benzene rings is 2. The number of nitrogen functional groups attached to an aromatic ring is 1. The molecule has 0 unspecified atom stereocenters. The molecule has 3 aromatic rings. The summed E-state index contributed by atoms with van der Waals surface area (Å²) < 4.78 is 45.1. The van der Waals surface area contributed by atoms with Gasteiger partial charge in [-0.15, -0.1) is 0 Å². The Balaban J connectivity index is 2.04. The number of nitrogens with zero attached hydrogens (tertiary/aromatic N) is 1. The number of nitrogens with two attached hydrogens (primary N) is 1. The lowest BCUT2D eigenvalue weighted by atomic mass is 10.1. The summed E-state index contributed by atoms with van der Waals surface area (Å²) in [6.07, 6.45) is 1.33. The first kappa shape index (κ1) is 14.9. The molecule has 1 heterocycles. The van der Waals surface area contributed by atoms with Crippen molar-refractivity contribution in [3.8, 4) is 22.6 Å². The molecule has 2 aromatic carbocycles. The average molecular weight is 316 g/mol. The predicted octanol–water partition coefficient (Wildman–Crippen LogP) is 4.54. The molecule has 0 saturated carbocycles. The third kappa shape index (κ3) is 3.42. The van der Waals surface area contributed by atoms with Crippen LogP contribution >= 0.6 is 0 Å². The Morgan fingerprint density at radius 3 is 2.26 bits per heavy atom. The Hall–Kier alpha value is -3.02. The highest BCUT2D eigenvalue weighted by molar-refractivity contribution is 5.72. The van der Waals surface area contributed by atoms with Gasteiger partial charge >= 0.3 is 0 Å². The monoisotopic (exact) mass is 316 g/mol. The van der Waals surface area contributed by atoms with Crippen LogP contribution in [-0.4, -0.2) is 4.98 Å². The molecule has 2 N–H and O–H groups in total. The quantitative estimate of drug-likeness (QED) is 0.570. The van der Waals surface area contributed by atoms with Crippen LogP contribution in [0, 0.1) is 17.6 Å². The van der Waals surface area contributed by atoms with Crippen molar-refractivity contribution >= 4 is 5.69 Å². The number of hydrogen-bond acceptors (Lipinski definition) is 3. The molecular weight excluding hydrogens is 305 g/mol. The number of halogens is 3. The molecule has 1 aromatic heterocycles. The van der Waals surface area contributed by atoms with Gasteiger partial charge in [0.25, 0.3) is 0 Å². The first-order chi connectivity index (χ1) is 11.0. The van der Waals surface area contributed by atoms with Gasteiger partial charge in [0.2, 0.25) is 5.95 Å². The van der Waals surface area contributed by atoms with Crippen LogP contribution in [0.15, 0.2) is 54.7 Å². The molecule has 0 atom stereocenters. The van der Waals surface area contributed by atoms with Crippen molar-refractivity contribution < 1.29 is 17.9 Å². The Morgan fingerprint density at radius 1 is 0.870 bits per heavy atom. The van der Waals surface area contributed by atoms with Gasteiger partial charge in [-0.05, 0) is 24.3 Å². The second-order valence-corrected chi connectivity index (χ2v) is 4.83. The molecule has 116 valence electrons. The molecule has 0 aliphatic carbocycles. The van der Waals surface area contributed by atoms with Gasteiger partial charge in [-0.1, -0.05) is 0 Å². The lowest BCUT2D eigenvalue weighted by molar-refractivity contribution is 0.470. The van der Waals surface area contributed by atoms with Crippen LogP contribution < -0.4 is 10.5 Å². The Morgan fingerprint density at radius 2 is 1.61 bits per heavy atom. The van der Waals surface area contributed by atoms with Crippen molar-refractivity contribution in [2.45, 2.75) is 0 Å². The van der Waals surface area contributed by atoms with E-state index in [1.165, 1.54) is 24.4 Å². The lowest BCUT2D eigenvalue weighted by Gasteiger charge is -2.12. The van der Waals surface area contributed by atoms with Crippen LogP contribution in [-0.2, 0) is 0 Å². The maximum atomic E-state index is 13.3. The van der Waals surface area contributed by atoms with Crippen LogP contribution in [0.3, 0.4) is 0 Å². The number of aromatic nitrogens is 1. The fourth-order valence-corrected chi connectivity index (χ4v) is 2.11. The molecule has 0 radical (unpaired) electrons. The van der Waals surface area contributed by atoms with Gasteiger partial charge in [-0.2, -0.15) is 4.39 Å². The predicted molar refractivity (Wildman–Crippen MR) is 80.5 cm³/mol. The smallest absolute Gasteiger partial charge is 0.212 e. The Kier molecular flexibility index (Phi) is 3.89. The van der Waals surface area contributed by atoms with Crippen LogP contribution in [0.4, 0.5) is 18.9 Å². The summed E-state index contributed by atoms with van der Waals surface area (Å²) in [7, 11) is 0. The highest BCUT2D eigenvalue weighted by Crippen LogP contribution is 2.35. The highest BCUT2D eigenvalue weighted by Gasteiger charge is 2.10. The first-order valence-corrected chi connectivity index (χ1v) is 6.67. The molecule has 6 heteroatoms. The SMILES string of the molecule is Nc1ccc(-c2ccc(F)nc2)c(Oc2cc(F)cc(F)c2)c1. The van der Waals surface area contributed by atoms with Crippen LogP contribution in [0.1, 0.15) is 0 Å². The van der Waals surface area contributed by atoms with E-state index in [4.69, 9.17) is 10.5 Å². The van der Waals surface area contributed by atoms with E-state index in [-0.39, 0.29) is 11.5 Å². The zero-order chi connectivity index (χ0) is 16.4. The molecule has 0 amide bonds. The molecule has 0 spiro atoms. The third-order valence-corrected chi connectivity index (χ3v) is 3.11. The second kappa shape index (κ2) is 6.00. The Labute approximate surface area is 130 Å². The molecule has 3 rings (SSSR count). The van der Waals surface area contributed by atoms with E-state index in [0.717, 1.165) is 18.2 Å². The summed E-state index contributed by atoms with van der Waals surface area (Å²) in [6, 6.07) is 10.4. The largest absolute Gasteiger partial charge is 0.456 e. The minimum absolute atomic E-state index is 0.00980. The normalized spacial score (nSPS) is 10.6. The summed E-state index contributed by atoms with van der Waals surface area (Å²) >= 11 is 0. The molecule has 3 nitrogen and oxygen atoms in total. The van der Waals surface area contributed by atoms with Crippen molar-refractivity contribution in [3.05, 3.63) is 72.3 Å². The number of hydrogen-bond donors (Lipinski definition) is 1. The summed E-state index contributed by atoms with van der Waals surface area (Å²) in [5, 5.41) is 0. The van der Waals surface area contributed by atoms with Gasteiger partial charge in [0.1, 0.15) is 23.1 Å². The lowest BCUT2D eigenvalue weighted by Crippen LogP contribution is -1.93. The van der Waals surface area contributed by atoms with Gasteiger partial charge < -0.3 is 10.5 Å².